The van der Waals surface area contributed by atoms with Gasteiger partial charge in [0, 0.05) is 25.6 Å². The maximum Gasteiger partial charge on any atom is 0.225 e. The van der Waals surface area contributed by atoms with E-state index in [4.69, 9.17) is 4.74 Å². The minimum Gasteiger partial charge on any atom is -0.491 e. The van der Waals surface area contributed by atoms with E-state index >= 15 is 0 Å². The lowest BCUT2D eigenvalue weighted by Gasteiger charge is -2.23. The molecule has 1 heterocycles. The molecule has 0 spiro atoms. The van der Waals surface area contributed by atoms with Gasteiger partial charge in [-0.05, 0) is 50.8 Å². The van der Waals surface area contributed by atoms with Gasteiger partial charge >= 0.3 is 0 Å². The van der Waals surface area contributed by atoms with E-state index in [9.17, 15) is 9.59 Å². The number of hydrogen-bond acceptors (Lipinski definition) is 3. The average Bonchev–Trinajstić information content (AvgIpc) is 3.25. The Hall–Kier alpha value is -2.04. The van der Waals surface area contributed by atoms with Gasteiger partial charge in [0.05, 0.1) is 12.0 Å². The van der Waals surface area contributed by atoms with Crippen LogP contribution in [0.3, 0.4) is 0 Å². The van der Waals surface area contributed by atoms with Crippen molar-refractivity contribution in [1.82, 2.24) is 10.2 Å². The average molecular weight is 358 g/mol. The predicted molar refractivity (Wildman–Crippen MR) is 101 cm³/mol. The largest absolute Gasteiger partial charge is 0.491 e. The summed E-state index contributed by atoms with van der Waals surface area (Å²) in [5.41, 5.74) is 1.16. The first-order valence-electron chi connectivity index (χ1n) is 9.85. The van der Waals surface area contributed by atoms with E-state index in [2.05, 4.69) is 5.32 Å². The zero-order valence-corrected chi connectivity index (χ0v) is 15.9. The minimum atomic E-state index is -0.190. The second-order valence-electron chi connectivity index (χ2n) is 7.74. The summed E-state index contributed by atoms with van der Waals surface area (Å²) in [7, 11) is 0. The van der Waals surface area contributed by atoms with Crippen LogP contribution < -0.4 is 10.1 Å². The highest BCUT2D eigenvalue weighted by Gasteiger charge is 2.38. The van der Waals surface area contributed by atoms with E-state index in [1.54, 1.807) is 0 Å². The highest BCUT2D eigenvalue weighted by atomic mass is 16.5. The van der Waals surface area contributed by atoms with Crippen LogP contribution in [-0.4, -0.2) is 41.9 Å². The first-order valence-corrected chi connectivity index (χ1v) is 9.85. The Morgan fingerprint density at radius 2 is 1.92 bits per heavy atom. The number of nitrogens with zero attached hydrogens (tertiary/aromatic N) is 1. The highest BCUT2D eigenvalue weighted by Crippen LogP contribution is 2.29. The molecule has 1 aromatic carbocycles. The molecule has 1 N–H and O–H groups in total. The van der Waals surface area contributed by atoms with E-state index in [1.807, 2.05) is 43.0 Å². The fourth-order valence-corrected chi connectivity index (χ4v) is 3.96. The number of rotatable bonds is 7. The van der Waals surface area contributed by atoms with Crippen molar-refractivity contribution in [3.63, 3.8) is 0 Å². The SMILES string of the molecule is CC(C)Oc1ccc(CCNC(=O)[C@H]2CC(=O)N(C3CCCC3)C2)cc1. The number of amides is 2. The van der Waals surface area contributed by atoms with Gasteiger partial charge in [-0.15, -0.1) is 0 Å². The monoisotopic (exact) mass is 358 g/mol. The second kappa shape index (κ2) is 8.56. The molecule has 0 unspecified atom stereocenters. The van der Waals surface area contributed by atoms with Crippen LogP contribution in [0.25, 0.3) is 0 Å². The molecule has 1 aliphatic heterocycles. The van der Waals surface area contributed by atoms with E-state index in [-0.39, 0.29) is 23.8 Å². The first kappa shape index (κ1) is 18.7. The van der Waals surface area contributed by atoms with Gasteiger partial charge in [0.25, 0.3) is 0 Å². The molecule has 0 aromatic heterocycles. The zero-order valence-electron chi connectivity index (χ0n) is 15.9. The van der Waals surface area contributed by atoms with Gasteiger partial charge in [0.1, 0.15) is 5.75 Å². The number of benzene rings is 1. The number of ether oxygens (including phenoxy) is 1. The second-order valence-corrected chi connectivity index (χ2v) is 7.74. The molecule has 26 heavy (non-hydrogen) atoms. The molecule has 142 valence electrons. The van der Waals surface area contributed by atoms with E-state index in [0.29, 0.717) is 25.6 Å². The smallest absolute Gasteiger partial charge is 0.225 e. The summed E-state index contributed by atoms with van der Waals surface area (Å²) in [6, 6.07) is 8.36. The fourth-order valence-electron chi connectivity index (χ4n) is 3.96. The standard InChI is InChI=1S/C21H30N2O3/c1-15(2)26-19-9-7-16(8-10-19)11-12-22-21(25)17-13-20(24)23(14-17)18-5-3-4-6-18/h7-10,15,17-18H,3-6,11-14H2,1-2H3,(H,22,25)/t17-/m0/s1. The van der Waals surface area contributed by atoms with Gasteiger partial charge in [0.15, 0.2) is 0 Å². The number of carbonyl (C=O) groups is 2. The van der Waals surface area contributed by atoms with Gasteiger partial charge in [-0.2, -0.15) is 0 Å². The lowest BCUT2D eigenvalue weighted by Crippen LogP contribution is -2.37. The third-order valence-corrected chi connectivity index (χ3v) is 5.30. The Morgan fingerprint density at radius 3 is 2.58 bits per heavy atom. The van der Waals surface area contributed by atoms with Gasteiger partial charge in [-0.25, -0.2) is 0 Å². The Bertz CT molecular complexity index is 621. The molecule has 2 aliphatic rings. The summed E-state index contributed by atoms with van der Waals surface area (Å²) in [4.78, 5) is 26.6. The van der Waals surface area contributed by atoms with Crippen LogP contribution in [0.4, 0.5) is 0 Å². The summed E-state index contributed by atoms with van der Waals surface area (Å²) < 4.78 is 5.64. The maximum absolute atomic E-state index is 12.4. The Kier molecular flexibility index (Phi) is 6.17. The van der Waals surface area contributed by atoms with Gasteiger partial charge in [-0.3, -0.25) is 9.59 Å². The van der Waals surface area contributed by atoms with Gasteiger partial charge < -0.3 is 15.0 Å². The zero-order chi connectivity index (χ0) is 18.5. The number of carbonyl (C=O) groups excluding carboxylic acids is 2. The van der Waals surface area contributed by atoms with Gasteiger partial charge in [0.2, 0.25) is 11.8 Å². The summed E-state index contributed by atoms with van der Waals surface area (Å²) in [5, 5.41) is 3.00. The fraction of sp³-hybridized carbons (Fsp3) is 0.619. The Morgan fingerprint density at radius 1 is 1.23 bits per heavy atom. The molecule has 3 rings (SSSR count). The minimum absolute atomic E-state index is 0.0126. The van der Waals surface area contributed by atoms with Crippen LogP contribution in [0, 0.1) is 5.92 Å². The van der Waals surface area contributed by atoms with Gasteiger partial charge in [-0.1, -0.05) is 25.0 Å². The molecule has 2 amide bonds. The summed E-state index contributed by atoms with van der Waals surface area (Å²) in [6.07, 6.45) is 5.90. The quantitative estimate of drug-likeness (QED) is 0.815. The molecule has 2 fully saturated rings. The van der Waals surface area contributed by atoms with Crippen molar-refractivity contribution in [2.24, 2.45) is 5.92 Å². The van der Waals surface area contributed by atoms with Crippen molar-refractivity contribution < 1.29 is 14.3 Å². The molecule has 1 aromatic rings. The molecule has 0 radical (unpaired) electrons. The van der Waals surface area contributed by atoms with Crippen molar-refractivity contribution in [2.75, 3.05) is 13.1 Å². The summed E-state index contributed by atoms with van der Waals surface area (Å²) in [5.74, 6) is 0.838. The first-order chi connectivity index (χ1) is 12.5. The third kappa shape index (κ3) is 4.77. The molecular formula is C21H30N2O3. The van der Waals surface area contributed by atoms with E-state index < -0.39 is 0 Å². The maximum atomic E-state index is 12.4. The van der Waals surface area contributed by atoms with Crippen LogP contribution in [-0.2, 0) is 16.0 Å². The van der Waals surface area contributed by atoms with Crippen molar-refractivity contribution in [1.29, 1.82) is 0 Å². The van der Waals surface area contributed by atoms with Crippen molar-refractivity contribution >= 4 is 11.8 Å². The molecule has 1 aliphatic carbocycles. The molecule has 0 bridgehead atoms. The summed E-state index contributed by atoms with van der Waals surface area (Å²) in [6.45, 7) is 5.20. The number of nitrogens with one attached hydrogen (secondary N) is 1. The van der Waals surface area contributed by atoms with Crippen LogP contribution in [0.2, 0.25) is 0 Å². The highest BCUT2D eigenvalue weighted by molar-refractivity contribution is 5.89. The van der Waals surface area contributed by atoms with E-state index in [1.165, 1.54) is 12.8 Å². The molecule has 1 atom stereocenters. The van der Waals surface area contributed by atoms with Crippen molar-refractivity contribution in [3.8, 4) is 5.75 Å². The summed E-state index contributed by atoms with van der Waals surface area (Å²) >= 11 is 0. The predicted octanol–water partition coefficient (Wildman–Crippen LogP) is 2.92. The van der Waals surface area contributed by atoms with Crippen LogP contribution in [0.15, 0.2) is 24.3 Å². The molecular weight excluding hydrogens is 328 g/mol. The third-order valence-electron chi connectivity index (χ3n) is 5.30. The molecule has 1 saturated heterocycles. The number of likely N-dealkylation sites (tertiary alicyclic amines) is 1. The topological polar surface area (TPSA) is 58.6 Å². The van der Waals surface area contributed by atoms with Crippen LogP contribution in [0.5, 0.6) is 5.75 Å². The Labute approximate surface area is 156 Å². The molecule has 1 saturated carbocycles. The van der Waals surface area contributed by atoms with Crippen LogP contribution >= 0.6 is 0 Å². The lowest BCUT2D eigenvalue weighted by atomic mass is 10.1. The molecule has 5 heteroatoms. The van der Waals surface area contributed by atoms with Crippen molar-refractivity contribution in [3.05, 3.63) is 29.8 Å². The molecule has 5 nitrogen and oxygen atoms in total. The number of hydrogen-bond donors (Lipinski definition) is 1. The van der Waals surface area contributed by atoms with E-state index in [0.717, 1.165) is 30.6 Å². The lowest BCUT2D eigenvalue weighted by molar-refractivity contribution is -0.130. The van der Waals surface area contributed by atoms with Crippen molar-refractivity contribution in [2.45, 2.75) is 64.5 Å². The Balaban J connectivity index is 1.42. The normalized spacial score (nSPS) is 20.8. The van der Waals surface area contributed by atoms with Crippen LogP contribution in [0.1, 0.15) is 51.5 Å².